The second-order valence-corrected chi connectivity index (χ2v) is 5.68. The van der Waals surface area contributed by atoms with Gasteiger partial charge in [0.1, 0.15) is 5.69 Å². The van der Waals surface area contributed by atoms with E-state index in [9.17, 15) is 4.79 Å². The number of carbonyl (C=O) groups excluding carboxylic acids is 1. The van der Waals surface area contributed by atoms with Crippen LogP contribution in [-0.2, 0) is 6.54 Å². The van der Waals surface area contributed by atoms with Crippen molar-refractivity contribution in [1.82, 2.24) is 19.7 Å². The lowest BCUT2D eigenvalue weighted by Crippen LogP contribution is -2.26. The number of rotatable bonds is 6. The summed E-state index contributed by atoms with van der Waals surface area (Å²) in [7, 11) is 0. The normalized spacial score (nSPS) is 10.8. The van der Waals surface area contributed by atoms with Crippen LogP contribution in [0.25, 0.3) is 0 Å². The number of anilines is 2. The van der Waals surface area contributed by atoms with Gasteiger partial charge in [-0.3, -0.25) is 9.48 Å². The fourth-order valence-corrected chi connectivity index (χ4v) is 2.68. The van der Waals surface area contributed by atoms with Gasteiger partial charge in [-0.2, -0.15) is 5.10 Å². The SMILES string of the molecule is CCN(CC)c1nc(C)cc(C(=O)Nc2c(C)nn(CC)c2C)n1. The van der Waals surface area contributed by atoms with Crippen molar-refractivity contribution in [3.8, 4) is 0 Å². The molecule has 1 N–H and O–H groups in total. The Balaban J connectivity index is 2.32. The average molecular weight is 330 g/mol. The highest BCUT2D eigenvalue weighted by atomic mass is 16.1. The van der Waals surface area contributed by atoms with E-state index in [1.165, 1.54) is 0 Å². The van der Waals surface area contributed by atoms with Gasteiger partial charge in [0, 0.05) is 25.3 Å². The van der Waals surface area contributed by atoms with Crippen molar-refractivity contribution in [3.05, 3.63) is 28.8 Å². The van der Waals surface area contributed by atoms with Gasteiger partial charge in [0.2, 0.25) is 5.95 Å². The lowest BCUT2D eigenvalue weighted by atomic mass is 10.2. The maximum atomic E-state index is 12.7. The zero-order chi connectivity index (χ0) is 17.9. The number of hydrogen-bond acceptors (Lipinski definition) is 5. The largest absolute Gasteiger partial charge is 0.341 e. The van der Waals surface area contributed by atoms with E-state index >= 15 is 0 Å². The Morgan fingerprint density at radius 1 is 1.17 bits per heavy atom. The molecular weight excluding hydrogens is 304 g/mol. The molecule has 0 fully saturated rings. The highest BCUT2D eigenvalue weighted by Gasteiger charge is 2.17. The molecule has 0 atom stereocenters. The van der Waals surface area contributed by atoms with E-state index in [1.54, 1.807) is 6.07 Å². The molecule has 24 heavy (non-hydrogen) atoms. The number of aromatic nitrogens is 4. The first kappa shape index (κ1) is 17.9. The zero-order valence-corrected chi connectivity index (χ0v) is 15.3. The summed E-state index contributed by atoms with van der Waals surface area (Å²) in [6.07, 6.45) is 0. The topological polar surface area (TPSA) is 75.9 Å². The van der Waals surface area contributed by atoms with E-state index in [0.717, 1.165) is 42.4 Å². The van der Waals surface area contributed by atoms with Crippen LogP contribution in [0.3, 0.4) is 0 Å². The summed E-state index contributed by atoms with van der Waals surface area (Å²) in [5.41, 5.74) is 3.64. The number of aryl methyl sites for hydroxylation is 3. The van der Waals surface area contributed by atoms with Crippen molar-refractivity contribution in [2.45, 2.75) is 48.1 Å². The van der Waals surface area contributed by atoms with E-state index < -0.39 is 0 Å². The van der Waals surface area contributed by atoms with Crippen LogP contribution in [0.5, 0.6) is 0 Å². The number of hydrogen-bond donors (Lipinski definition) is 1. The number of nitrogens with one attached hydrogen (secondary N) is 1. The molecule has 0 aliphatic heterocycles. The van der Waals surface area contributed by atoms with E-state index in [4.69, 9.17) is 0 Å². The second kappa shape index (κ2) is 7.42. The van der Waals surface area contributed by atoms with Gasteiger partial charge in [0.05, 0.1) is 17.1 Å². The van der Waals surface area contributed by atoms with Crippen LogP contribution in [0, 0.1) is 20.8 Å². The minimum Gasteiger partial charge on any atom is -0.341 e. The van der Waals surface area contributed by atoms with Crippen LogP contribution in [-0.4, -0.2) is 38.7 Å². The van der Waals surface area contributed by atoms with Crippen molar-refractivity contribution < 1.29 is 4.79 Å². The van der Waals surface area contributed by atoms with Gasteiger partial charge >= 0.3 is 0 Å². The predicted molar refractivity (Wildman–Crippen MR) is 95.7 cm³/mol. The first-order valence-electron chi connectivity index (χ1n) is 8.37. The molecule has 0 spiro atoms. The van der Waals surface area contributed by atoms with Crippen LogP contribution in [0.4, 0.5) is 11.6 Å². The van der Waals surface area contributed by atoms with Gasteiger partial charge in [-0.1, -0.05) is 0 Å². The molecule has 0 aliphatic rings. The Morgan fingerprint density at radius 2 is 1.83 bits per heavy atom. The molecule has 2 rings (SSSR count). The molecule has 2 aromatic heterocycles. The molecule has 7 nitrogen and oxygen atoms in total. The highest BCUT2D eigenvalue weighted by Crippen LogP contribution is 2.20. The highest BCUT2D eigenvalue weighted by molar-refractivity contribution is 6.03. The number of nitrogens with zero attached hydrogens (tertiary/aromatic N) is 5. The summed E-state index contributed by atoms with van der Waals surface area (Å²) in [6, 6.07) is 1.71. The smallest absolute Gasteiger partial charge is 0.274 e. The van der Waals surface area contributed by atoms with Crippen molar-refractivity contribution >= 4 is 17.5 Å². The zero-order valence-electron chi connectivity index (χ0n) is 15.3. The quantitative estimate of drug-likeness (QED) is 0.881. The van der Waals surface area contributed by atoms with Crippen LogP contribution in [0.2, 0.25) is 0 Å². The monoisotopic (exact) mass is 330 g/mol. The fraction of sp³-hybridized carbons (Fsp3) is 0.529. The van der Waals surface area contributed by atoms with Gasteiger partial charge in [-0.25, -0.2) is 9.97 Å². The van der Waals surface area contributed by atoms with Crippen LogP contribution in [0.1, 0.15) is 48.3 Å². The Hall–Kier alpha value is -2.44. The summed E-state index contributed by atoms with van der Waals surface area (Å²) in [5, 5.41) is 7.37. The predicted octanol–water partition coefficient (Wildman–Crippen LogP) is 2.72. The molecule has 0 bridgehead atoms. The Labute approximate surface area is 143 Å². The summed E-state index contributed by atoms with van der Waals surface area (Å²) < 4.78 is 1.87. The fourth-order valence-electron chi connectivity index (χ4n) is 2.68. The Kier molecular flexibility index (Phi) is 5.54. The maximum absolute atomic E-state index is 12.7. The summed E-state index contributed by atoms with van der Waals surface area (Å²) in [6.45, 7) is 14.2. The number of carbonyl (C=O) groups is 1. The van der Waals surface area contributed by atoms with Gasteiger partial charge in [-0.05, 0) is 47.6 Å². The molecule has 0 radical (unpaired) electrons. The Bertz CT molecular complexity index is 733. The van der Waals surface area contributed by atoms with Crippen molar-refractivity contribution in [3.63, 3.8) is 0 Å². The third kappa shape index (κ3) is 3.55. The molecule has 2 heterocycles. The van der Waals surface area contributed by atoms with Gasteiger partial charge in [-0.15, -0.1) is 0 Å². The third-order valence-electron chi connectivity index (χ3n) is 4.04. The first-order chi connectivity index (χ1) is 11.4. The van der Waals surface area contributed by atoms with Gasteiger partial charge < -0.3 is 10.2 Å². The molecule has 2 aromatic rings. The molecule has 7 heteroatoms. The molecule has 130 valence electrons. The van der Waals surface area contributed by atoms with Gasteiger partial charge in [0.25, 0.3) is 5.91 Å². The summed E-state index contributed by atoms with van der Waals surface area (Å²) in [5.74, 6) is 0.346. The Morgan fingerprint density at radius 3 is 2.38 bits per heavy atom. The average Bonchev–Trinajstić information content (AvgIpc) is 2.83. The molecule has 0 saturated carbocycles. The lowest BCUT2D eigenvalue weighted by molar-refractivity contribution is 0.102. The molecule has 0 aromatic carbocycles. The summed E-state index contributed by atoms with van der Waals surface area (Å²) >= 11 is 0. The second-order valence-electron chi connectivity index (χ2n) is 5.68. The van der Waals surface area contributed by atoms with Crippen LogP contribution in [0.15, 0.2) is 6.07 Å². The molecule has 1 amide bonds. The molecule has 0 saturated heterocycles. The standard InChI is InChI=1S/C17H26N6O/c1-7-22(8-2)17-18-11(4)10-14(19-17)16(24)20-15-12(5)21-23(9-3)13(15)6/h10H,7-9H2,1-6H3,(H,20,24). The maximum Gasteiger partial charge on any atom is 0.274 e. The van der Waals surface area contributed by atoms with Crippen LogP contribution >= 0.6 is 0 Å². The minimum atomic E-state index is -0.240. The van der Waals surface area contributed by atoms with E-state index in [-0.39, 0.29) is 5.91 Å². The molecular formula is C17H26N6O. The lowest BCUT2D eigenvalue weighted by Gasteiger charge is -2.19. The van der Waals surface area contributed by atoms with Crippen molar-refractivity contribution in [2.24, 2.45) is 0 Å². The van der Waals surface area contributed by atoms with Crippen LogP contribution < -0.4 is 10.2 Å². The van der Waals surface area contributed by atoms with E-state index in [0.29, 0.717) is 11.6 Å². The van der Waals surface area contributed by atoms with Crippen molar-refractivity contribution in [2.75, 3.05) is 23.3 Å². The molecule has 0 aliphatic carbocycles. The third-order valence-corrected chi connectivity index (χ3v) is 4.04. The summed E-state index contributed by atoms with van der Waals surface area (Å²) in [4.78, 5) is 23.6. The van der Waals surface area contributed by atoms with Crippen molar-refractivity contribution in [1.29, 1.82) is 0 Å². The minimum absolute atomic E-state index is 0.240. The van der Waals surface area contributed by atoms with Gasteiger partial charge in [0.15, 0.2) is 0 Å². The first-order valence-corrected chi connectivity index (χ1v) is 8.37. The number of amides is 1. The van der Waals surface area contributed by atoms with E-state index in [1.807, 2.05) is 51.1 Å². The molecule has 0 unspecified atom stereocenters. The van der Waals surface area contributed by atoms with E-state index in [2.05, 4.69) is 20.4 Å².